The Bertz CT molecular complexity index is 233. The zero-order valence-corrected chi connectivity index (χ0v) is 9.41. The van der Waals surface area contributed by atoms with Gasteiger partial charge in [0, 0.05) is 19.7 Å². The molecule has 0 rings (SSSR count). The Hall–Kier alpha value is -0.820. The van der Waals surface area contributed by atoms with Crippen molar-refractivity contribution in [3.8, 4) is 0 Å². The fraction of sp³-hybridized carbons (Fsp3) is 0.889. The number of likely N-dealkylation sites (N-methyl/N-ethyl adjacent to an activating group) is 1. The molecule has 4 nitrogen and oxygen atoms in total. The Labute approximate surface area is 92.0 Å². The summed E-state index contributed by atoms with van der Waals surface area (Å²) in [6, 6.07) is -0.269. The smallest absolute Gasteiger partial charge is 0.403 e. The number of nitrogens with zero attached hydrogens (tertiary/aromatic N) is 1. The first-order chi connectivity index (χ1) is 7.20. The Balaban J connectivity index is 4.47. The van der Waals surface area contributed by atoms with E-state index in [9.17, 15) is 18.0 Å². The van der Waals surface area contributed by atoms with Gasteiger partial charge in [-0.25, -0.2) is 0 Å². The molecular weight excluding hydrogens is 227 g/mol. The van der Waals surface area contributed by atoms with Crippen LogP contribution in [0.25, 0.3) is 0 Å². The molecule has 0 aromatic rings. The van der Waals surface area contributed by atoms with E-state index >= 15 is 0 Å². The molecule has 0 radical (unpaired) electrons. The van der Waals surface area contributed by atoms with E-state index in [1.165, 1.54) is 19.1 Å². The van der Waals surface area contributed by atoms with Gasteiger partial charge in [-0.3, -0.25) is 4.79 Å². The van der Waals surface area contributed by atoms with Gasteiger partial charge < -0.3 is 14.7 Å². The van der Waals surface area contributed by atoms with E-state index in [2.05, 4.69) is 0 Å². The van der Waals surface area contributed by atoms with E-state index in [1.54, 1.807) is 6.92 Å². The van der Waals surface area contributed by atoms with Crippen LogP contribution in [0.2, 0.25) is 0 Å². The highest BCUT2D eigenvalue weighted by Gasteiger charge is 2.45. The number of carbonyl (C=O) groups is 1. The summed E-state index contributed by atoms with van der Waals surface area (Å²) < 4.78 is 41.8. The molecule has 0 fully saturated rings. The van der Waals surface area contributed by atoms with Crippen molar-refractivity contribution in [2.45, 2.75) is 19.1 Å². The average molecular weight is 243 g/mol. The van der Waals surface area contributed by atoms with Crippen molar-refractivity contribution < 1.29 is 27.8 Å². The van der Waals surface area contributed by atoms with Crippen molar-refractivity contribution in [3.63, 3.8) is 0 Å². The molecule has 0 aliphatic carbocycles. The summed E-state index contributed by atoms with van der Waals surface area (Å²) in [4.78, 5) is 11.8. The third-order valence-corrected chi connectivity index (χ3v) is 2.32. The molecule has 0 heterocycles. The minimum atomic E-state index is -4.73. The van der Waals surface area contributed by atoms with Gasteiger partial charge in [-0.1, -0.05) is 0 Å². The second kappa shape index (κ2) is 6.05. The van der Waals surface area contributed by atoms with Crippen LogP contribution in [0.5, 0.6) is 0 Å². The Morgan fingerprint density at radius 2 is 2.00 bits per heavy atom. The first-order valence-electron chi connectivity index (χ1n) is 4.68. The number of ether oxygens (including phenoxy) is 1. The summed E-state index contributed by atoms with van der Waals surface area (Å²) >= 11 is 0. The van der Waals surface area contributed by atoms with Gasteiger partial charge in [0.15, 0.2) is 5.92 Å². The Kier molecular flexibility index (Phi) is 5.74. The summed E-state index contributed by atoms with van der Waals surface area (Å²) in [7, 11) is 2.87. The van der Waals surface area contributed by atoms with Gasteiger partial charge in [0.25, 0.3) is 0 Å². The molecule has 0 amide bonds. The maximum Gasteiger partial charge on any atom is 0.403 e. The maximum atomic E-state index is 12.3. The van der Waals surface area contributed by atoms with Crippen molar-refractivity contribution >= 4 is 5.97 Å². The SMILES string of the molecule is COCC(C)N(C)CC(C(=O)O)C(F)(F)F. The summed E-state index contributed by atoms with van der Waals surface area (Å²) in [5, 5.41) is 8.49. The number of hydrogen-bond acceptors (Lipinski definition) is 3. The van der Waals surface area contributed by atoms with Gasteiger partial charge in [-0.2, -0.15) is 13.2 Å². The summed E-state index contributed by atoms with van der Waals surface area (Å²) in [5.74, 6) is -4.22. The topological polar surface area (TPSA) is 49.8 Å². The van der Waals surface area contributed by atoms with Crippen LogP contribution in [-0.4, -0.2) is 55.5 Å². The molecule has 0 aliphatic rings. The molecule has 0 spiro atoms. The van der Waals surface area contributed by atoms with Gasteiger partial charge in [0.2, 0.25) is 0 Å². The second-order valence-electron chi connectivity index (χ2n) is 3.68. The molecule has 0 aliphatic heterocycles. The van der Waals surface area contributed by atoms with Gasteiger partial charge in [-0.15, -0.1) is 0 Å². The third-order valence-electron chi connectivity index (χ3n) is 2.32. The molecule has 2 unspecified atom stereocenters. The predicted molar refractivity (Wildman–Crippen MR) is 51.1 cm³/mol. The van der Waals surface area contributed by atoms with E-state index in [0.29, 0.717) is 0 Å². The van der Waals surface area contributed by atoms with E-state index in [-0.39, 0.29) is 12.6 Å². The number of halogens is 3. The number of alkyl halides is 3. The standard InChI is InChI=1S/C9H16F3NO3/c1-6(5-16-3)13(2)4-7(8(14)15)9(10,11)12/h6-7H,4-5H2,1-3H3,(H,14,15). The van der Waals surface area contributed by atoms with Crippen LogP contribution in [0.15, 0.2) is 0 Å². The number of hydrogen-bond donors (Lipinski definition) is 1. The lowest BCUT2D eigenvalue weighted by Crippen LogP contribution is -2.44. The molecule has 7 heteroatoms. The lowest BCUT2D eigenvalue weighted by molar-refractivity contribution is -0.197. The number of methoxy groups -OCH3 is 1. The normalized spacial score (nSPS) is 16.2. The van der Waals surface area contributed by atoms with Gasteiger partial charge in [0.05, 0.1) is 6.61 Å². The highest BCUT2D eigenvalue weighted by Crippen LogP contribution is 2.27. The van der Waals surface area contributed by atoms with Crippen molar-refractivity contribution in [3.05, 3.63) is 0 Å². The Morgan fingerprint density at radius 1 is 1.50 bits per heavy atom. The van der Waals surface area contributed by atoms with Crippen LogP contribution in [0.4, 0.5) is 13.2 Å². The number of aliphatic carboxylic acids is 1. The monoisotopic (exact) mass is 243 g/mol. The van der Waals surface area contributed by atoms with Crippen molar-refractivity contribution in [2.24, 2.45) is 5.92 Å². The first kappa shape index (κ1) is 15.2. The molecular formula is C9H16F3NO3. The van der Waals surface area contributed by atoms with Crippen LogP contribution in [0.3, 0.4) is 0 Å². The Morgan fingerprint density at radius 3 is 2.31 bits per heavy atom. The summed E-state index contributed by atoms with van der Waals surface area (Å²) in [6.07, 6.45) is -4.73. The zero-order chi connectivity index (χ0) is 12.9. The molecule has 96 valence electrons. The van der Waals surface area contributed by atoms with Crippen LogP contribution in [0, 0.1) is 5.92 Å². The highest BCUT2D eigenvalue weighted by molar-refractivity contribution is 5.71. The van der Waals surface area contributed by atoms with Crippen LogP contribution >= 0.6 is 0 Å². The quantitative estimate of drug-likeness (QED) is 0.762. The number of rotatable bonds is 6. The molecule has 2 atom stereocenters. The van der Waals surface area contributed by atoms with Crippen LogP contribution in [-0.2, 0) is 9.53 Å². The van der Waals surface area contributed by atoms with Crippen LogP contribution < -0.4 is 0 Å². The molecule has 0 bridgehead atoms. The number of carboxylic acids is 1. The van der Waals surface area contributed by atoms with E-state index < -0.39 is 24.6 Å². The fourth-order valence-electron chi connectivity index (χ4n) is 1.16. The van der Waals surface area contributed by atoms with E-state index in [1.807, 2.05) is 0 Å². The van der Waals surface area contributed by atoms with E-state index in [4.69, 9.17) is 9.84 Å². The number of carboxylic acid groups (broad SMARTS) is 1. The maximum absolute atomic E-state index is 12.3. The van der Waals surface area contributed by atoms with Crippen molar-refractivity contribution in [2.75, 3.05) is 27.3 Å². The van der Waals surface area contributed by atoms with Crippen LogP contribution in [0.1, 0.15) is 6.92 Å². The molecule has 0 aromatic heterocycles. The lowest BCUT2D eigenvalue weighted by Gasteiger charge is -2.27. The van der Waals surface area contributed by atoms with Gasteiger partial charge in [-0.05, 0) is 14.0 Å². The van der Waals surface area contributed by atoms with Crippen molar-refractivity contribution in [1.82, 2.24) is 4.90 Å². The molecule has 0 saturated heterocycles. The summed E-state index contributed by atoms with van der Waals surface area (Å²) in [5.41, 5.74) is 0. The molecule has 16 heavy (non-hydrogen) atoms. The predicted octanol–water partition coefficient (Wildman–Crippen LogP) is 1.22. The van der Waals surface area contributed by atoms with E-state index in [0.717, 1.165) is 0 Å². The molecule has 1 N–H and O–H groups in total. The molecule has 0 aromatic carbocycles. The second-order valence-corrected chi connectivity index (χ2v) is 3.68. The minimum absolute atomic E-state index is 0.251. The average Bonchev–Trinajstić information content (AvgIpc) is 2.11. The third kappa shape index (κ3) is 4.80. The largest absolute Gasteiger partial charge is 0.481 e. The minimum Gasteiger partial charge on any atom is -0.481 e. The first-order valence-corrected chi connectivity index (χ1v) is 4.68. The lowest BCUT2D eigenvalue weighted by atomic mass is 10.1. The zero-order valence-electron chi connectivity index (χ0n) is 9.41. The molecule has 0 saturated carbocycles. The van der Waals surface area contributed by atoms with Gasteiger partial charge in [0.1, 0.15) is 0 Å². The highest BCUT2D eigenvalue weighted by atomic mass is 19.4. The summed E-state index contributed by atoms with van der Waals surface area (Å²) in [6.45, 7) is 1.34. The van der Waals surface area contributed by atoms with Gasteiger partial charge >= 0.3 is 12.1 Å². The fourth-order valence-corrected chi connectivity index (χ4v) is 1.16. The van der Waals surface area contributed by atoms with Crippen molar-refractivity contribution in [1.29, 1.82) is 0 Å².